The molecule has 0 bridgehead atoms. The summed E-state index contributed by atoms with van der Waals surface area (Å²) in [6.45, 7) is 4.38. The van der Waals surface area contributed by atoms with Gasteiger partial charge in [-0.3, -0.25) is 0 Å². The van der Waals surface area contributed by atoms with Crippen molar-refractivity contribution in [3.05, 3.63) is 24.0 Å². The van der Waals surface area contributed by atoms with E-state index in [2.05, 4.69) is 34.0 Å². The number of hydrogen-bond donors (Lipinski definition) is 0. The lowest BCUT2D eigenvalue weighted by molar-refractivity contribution is 0.858. The molecule has 0 aromatic carbocycles. The van der Waals surface area contributed by atoms with Gasteiger partial charge in [0.2, 0.25) is 0 Å². The molecule has 0 atom stereocenters. The molecule has 0 unspecified atom stereocenters. The first-order valence-corrected chi connectivity index (χ1v) is 5.97. The van der Waals surface area contributed by atoms with Crippen LogP contribution in [0.3, 0.4) is 0 Å². The minimum Gasteiger partial charge on any atom is -0.355 e. The van der Waals surface area contributed by atoms with Gasteiger partial charge in [-0.15, -0.1) is 5.10 Å². The summed E-state index contributed by atoms with van der Waals surface area (Å²) < 4.78 is 1.90. The molecule has 4 nitrogen and oxygen atoms in total. The first kappa shape index (κ1) is 9.63. The molecule has 0 radical (unpaired) electrons. The van der Waals surface area contributed by atoms with Crippen molar-refractivity contribution in [3.8, 4) is 0 Å². The predicted octanol–water partition coefficient (Wildman–Crippen LogP) is 1.89. The fraction of sp³-hybridized carbons (Fsp3) is 0.500. The molecule has 3 heterocycles. The van der Waals surface area contributed by atoms with Gasteiger partial charge in [0.1, 0.15) is 5.82 Å². The third-order valence-electron chi connectivity index (χ3n) is 3.15. The fourth-order valence-corrected chi connectivity index (χ4v) is 2.21. The lowest BCUT2D eigenvalue weighted by atomic mass is 10.4. The number of anilines is 1. The molecule has 1 saturated heterocycles. The van der Waals surface area contributed by atoms with Gasteiger partial charge in [-0.1, -0.05) is 6.92 Å². The second-order valence-electron chi connectivity index (χ2n) is 4.27. The van der Waals surface area contributed by atoms with Crippen LogP contribution >= 0.6 is 0 Å². The van der Waals surface area contributed by atoms with Gasteiger partial charge in [0.15, 0.2) is 5.65 Å². The molecule has 1 aliphatic heterocycles. The maximum absolute atomic E-state index is 4.61. The lowest BCUT2D eigenvalue weighted by Crippen LogP contribution is -2.19. The highest BCUT2D eigenvalue weighted by Crippen LogP contribution is 2.18. The highest BCUT2D eigenvalue weighted by atomic mass is 15.3. The van der Waals surface area contributed by atoms with Crippen LogP contribution in [0.2, 0.25) is 0 Å². The van der Waals surface area contributed by atoms with E-state index in [-0.39, 0.29) is 0 Å². The number of hydrogen-bond acceptors (Lipinski definition) is 3. The minimum atomic E-state index is 0.944. The van der Waals surface area contributed by atoms with Crippen LogP contribution in [-0.2, 0) is 6.42 Å². The number of aromatic nitrogens is 3. The molecule has 1 fully saturated rings. The average Bonchev–Trinajstić information content (AvgIpc) is 2.96. The highest BCUT2D eigenvalue weighted by molar-refractivity contribution is 5.47. The van der Waals surface area contributed by atoms with Crippen LogP contribution in [0.5, 0.6) is 0 Å². The Morgan fingerprint density at radius 2 is 2.06 bits per heavy atom. The minimum absolute atomic E-state index is 0.944. The molecule has 16 heavy (non-hydrogen) atoms. The molecule has 0 saturated carbocycles. The van der Waals surface area contributed by atoms with E-state index in [1.165, 1.54) is 12.8 Å². The summed E-state index contributed by atoms with van der Waals surface area (Å²) in [6.07, 6.45) is 5.55. The molecule has 0 aliphatic carbocycles. The zero-order valence-electron chi connectivity index (χ0n) is 9.56. The molecule has 2 aromatic rings. The van der Waals surface area contributed by atoms with E-state index in [9.17, 15) is 0 Å². The third-order valence-corrected chi connectivity index (χ3v) is 3.15. The normalized spacial score (nSPS) is 16.2. The standard InChI is InChI=1S/C12H16N4/c1-2-10-9-16-11(13-10)5-6-12(14-16)15-7-3-4-8-15/h5-6,9H,2-4,7-8H2,1H3. The van der Waals surface area contributed by atoms with Gasteiger partial charge in [0, 0.05) is 13.1 Å². The third kappa shape index (κ3) is 1.54. The van der Waals surface area contributed by atoms with E-state index in [1.54, 1.807) is 0 Å². The van der Waals surface area contributed by atoms with Crippen LogP contribution in [-0.4, -0.2) is 27.7 Å². The predicted molar refractivity (Wildman–Crippen MR) is 63.8 cm³/mol. The molecule has 4 heteroatoms. The molecule has 0 spiro atoms. The van der Waals surface area contributed by atoms with Crippen molar-refractivity contribution in [3.63, 3.8) is 0 Å². The van der Waals surface area contributed by atoms with Crippen molar-refractivity contribution in [2.45, 2.75) is 26.2 Å². The van der Waals surface area contributed by atoms with Crippen LogP contribution in [0.15, 0.2) is 18.3 Å². The number of fused-ring (bicyclic) bond motifs is 1. The van der Waals surface area contributed by atoms with E-state index in [1.807, 2.05) is 10.7 Å². The molecular weight excluding hydrogens is 200 g/mol. The Kier molecular flexibility index (Phi) is 2.27. The molecule has 84 valence electrons. The van der Waals surface area contributed by atoms with Gasteiger partial charge in [0.05, 0.1) is 11.9 Å². The van der Waals surface area contributed by atoms with Gasteiger partial charge >= 0.3 is 0 Å². The quantitative estimate of drug-likeness (QED) is 0.768. The Balaban J connectivity index is 2.00. The van der Waals surface area contributed by atoms with Crippen molar-refractivity contribution in [1.82, 2.24) is 14.6 Å². The van der Waals surface area contributed by atoms with Gasteiger partial charge in [-0.2, -0.15) is 0 Å². The molecule has 0 N–H and O–H groups in total. The van der Waals surface area contributed by atoms with Crippen LogP contribution in [0, 0.1) is 0 Å². The van der Waals surface area contributed by atoms with E-state index in [0.29, 0.717) is 0 Å². The first-order valence-electron chi connectivity index (χ1n) is 5.97. The van der Waals surface area contributed by atoms with Crippen LogP contribution < -0.4 is 4.90 Å². The van der Waals surface area contributed by atoms with Crippen LogP contribution in [0.4, 0.5) is 5.82 Å². The Bertz CT molecular complexity index is 497. The largest absolute Gasteiger partial charge is 0.355 e. The van der Waals surface area contributed by atoms with Gasteiger partial charge in [-0.05, 0) is 31.4 Å². The maximum Gasteiger partial charge on any atom is 0.153 e. The SMILES string of the molecule is CCc1cn2nc(N3CCCC3)ccc2n1. The monoisotopic (exact) mass is 216 g/mol. The zero-order valence-corrected chi connectivity index (χ0v) is 9.56. The fourth-order valence-electron chi connectivity index (χ4n) is 2.21. The average molecular weight is 216 g/mol. The van der Waals surface area contributed by atoms with E-state index < -0.39 is 0 Å². The molecule has 1 aliphatic rings. The molecule has 3 rings (SSSR count). The summed E-state index contributed by atoms with van der Waals surface area (Å²) in [4.78, 5) is 6.82. The Morgan fingerprint density at radius 1 is 1.25 bits per heavy atom. The highest BCUT2D eigenvalue weighted by Gasteiger charge is 2.14. The first-order chi connectivity index (χ1) is 7.86. The summed E-state index contributed by atoms with van der Waals surface area (Å²) >= 11 is 0. The second-order valence-corrected chi connectivity index (χ2v) is 4.27. The van der Waals surface area contributed by atoms with Crippen molar-refractivity contribution < 1.29 is 0 Å². The van der Waals surface area contributed by atoms with Gasteiger partial charge < -0.3 is 4.90 Å². The summed E-state index contributed by atoms with van der Waals surface area (Å²) in [5.41, 5.74) is 2.05. The van der Waals surface area contributed by atoms with Crippen molar-refractivity contribution >= 4 is 11.5 Å². The Labute approximate surface area is 94.9 Å². The summed E-state index contributed by atoms with van der Waals surface area (Å²) in [5.74, 6) is 1.07. The van der Waals surface area contributed by atoms with Crippen LogP contribution in [0.1, 0.15) is 25.5 Å². The van der Waals surface area contributed by atoms with Gasteiger partial charge in [-0.25, -0.2) is 9.50 Å². The van der Waals surface area contributed by atoms with E-state index >= 15 is 0 Å². The number of rotatable bonds is 2. The number of nitrogens with zero attached hydrogens (tertiary/aromatic N) is 4. The number of aryl methyl sites for hydroxylation is 1. The molecular formula is C12H16N4. The van der Waals surface area contributed by atoms with E-state index in [4.69, 9.17) is 0 Å². The van der Waals surface area contributed by atoms with Crippen molar-refractivity contribution in [2.75, 3.05) is 18.0 Å². The molecule has 0 amide bonds. The van der Waals surface area contributed by atoms with Crippen molar-refractivity contribution in [1.29, 1.82) is 0 Å². The van der Waals surface area contributed by atoms with Gasteiger partial charge in [0.25, 0.3) is 0 Å². The molecule has 2 aromatic heterocycles. The Hall–Kier alpha value is -1.58. The second kappa shape index (κ2) is 3.77. The Morgan fingerprint density at radius 3 is 2.81 bits per heavy atom. The summed E-state index contributed by atoms with van der Waals surface area (Å²) in [7, 11) is 0. The maximum atomic E-state index is 4.61. The lowest BCUT2D eigenvalue weighted by Gasteiger charge is -2.15. The smallest absolute Gasteiger partial charge is 0.153 e. The summed E-state index contributed by atoms with van der Waals surface area (Å²) in [6, 6.07) is 4.13. The number of imidazole rings is 1. The van der Waals surface area contributed by atoms with Crippen LogP contribution in [0.25, 0.3) is 5.65 Å². The summed E-state index contributed by atoms with van der Waals surface area (Å²) in [5, 5.41) is 4.61. The zero-order chi connectivity index (χ0) is 11.0. The van der Waals surface area contributed by atoms with E-state index in [0.717, 1.165) is 36.7 Å². The van der Waals surface area contributed by atoms with Crippen molar-refractivity contribution in [2.24, 2.45) is 0 Å². The topological polar surface area (TPSA) is 33.4 Å².